The molecule has 2 heterocycles. The van der Waals surface area contributed by atoms with Gasteiger partial charge in [0, 0.05) is 26.1 Å². The van der Waals surface area contributed by atoms with E-state index in [0.29, 0.717) is 11.7 Å². The van der Waals surface area contributed by atoms with E-state index in [1.54, 1.807) is 13.0 Å². The lowest BCUT2D eigenvalue weighted by Crippen LogP contribution is -2.44. The van der Waals surface area contributed by atoms with Gasteiger partial charge in [0.2, 0.25) is 5.89 Å². The predicted octanol–water partition coefficient (Wildman–Crippen LogP) is 3.01. The minimum atomic E-state index is -4.37. The van der Waals surface area contributed by atoms with Crippen LogP contribution in [0.5, 0.6) is 0 Å². The van der Waals surface area contributed by atoms with Gasteiger partial charge in [-0.05, 0) is 24.6 Å². The Morgan fingerprint density at radius 1 is 1.36 bits per heavy atom. The summed E-state index contributed by atoms with van der Waals surface area (Å²) in [5.74, 6) is 0.549. The first-order chi connectivity index (χ1) is 11.9. The summed E-state index contributed by atoms with van der Waals surface area (Å²) in [5.41, 5.74) is -0.371. The first kappa shape index (κ1) is 17.9. The third-order valence-corrected chi connectivity index (χ3v) is 4.57. The third-order valence-electron chi connectivity index (χ3n) is 4.57. The number of halogens is 3. The van der Waals surface area contributed by atoms with Crippen molar-refractivity contribution in [1.82, 2.24) is 20.4 Å². The normalized spacial score (nSPS) is 20.6. The lowest BCUT2D eigenvalue weighted by molar-refractivity contribution is -0.138. The molecule has 1 aliphatic rings. The van der Waals surface area contributed by atoms with Crippen molar-refractivity contribution in [2.24, 2.45) is 0 Å². The number of likely N-dealkylation sites (N-methyl/N-ethyl adjacent to an activating group) is 1. The van der Waals surface area contributed by atoms with Crippen molar-refractivity contribution < 1.29 is 17.7 Å². The molecule has 0 spiro atoms. The van der Waals surface area contributed by atoms with Gasteiger partial charge in [0.15, 0.2) is 5.82 Å². The lowest BCUT2D eigenvalue weighted by atomic mass is 9.93. The predicted molar refractivity (Wildman–Crippen MR) is 86.1 cm³/mol. The van der Waals surface area contributed by atoms with E-state index in [0.717, 1.165) is 25.7 Å². The molecule has 1 aliphatic heterocycles. The molecule has 1 aromatic heterocycles. The Labute approximate surface area is 144 Å². The monoisotopic (exact) mass is 354 g/mol. The fraction of sp³-hybridized carbons (Fsp3) is 0.529. The molecule has 2 unspecified atom stereocenters. The van der Waals surface area contributed by atoms with Gasteiger partial charge in [-0.2, -0.15) is 18.2 Å². The Hall–Kier alpha value is -1.93. The summed E-state index contributed by atoms with van der Waals surface area (Å²) in [6, 6.07) is 5.64. The smallest absolute Gasteiger partial charge is 0.339 e. The minimum Gasteiger partial charge on any atom is -0.339 e. The number of benzene rings is 1. The van der Waals surface area contributed by atoms with Crippen LogP contribution in [-0.2, 0) is 12.6 Å². The zero-order valence-electron chi connectivity index (χ0n) is 14.2. The van der Waals surface area contributed by atoms with Gasteiger partial charge in [-0.15, -0.1) is 0 Å². The number of hydrogen-bond acceptors (Lipinski definition) is 5. The van der Waals surface area contributed by atoms with Gasteiger partial charge in [-0.25, -0.2) is 0 Å². The van der Waals surface area contributed by atoms with E-state index in [9.17, 15) is 13.2 Å². The number of nitrogens with zero attached hydrogens (tertiary/aromatic N) is 3. The highest BCUT2D eigenvalue weighted by Gasteiger charge is 2.34. The van der Waals surface area contributed by atoms with Crippen LogP contribution in [0.2, 0.25) is 0 Å². The lowest BCUT2D eigenvalue weighted by Gasteiger charge is -2.30. The van der Waals surface area contributed by atoms with Crippen LogP contribution in [0.4, 0.5) is 13.2 Å². The number of alkyl halides is 3. The molecule has 0 saturated carbocycles. The maximum absolute atomic E-state index is 13.2. The van der Waals surface area contributed by atoms with Crippen LogP contribution < -0.4 is 5.32 Å². The Bertz CT molecular complexity index is 716. The molecule has 25 heavy (non-hydrogen) atoms. The van der Waals surface area contributed by atoms with Gasteiger partial charge >= 0.3 is 6.18 Å². The highest BCUT2D eigenvalue weighted by molar-refractivity contribution is 5.32. The molecule has 0 aliphatic carbocycles. The van der Waals surface area contributed by atoms with Gasteiger partial charge in [-0.1, -0.05) is 30.3 Å². The Balaban J connectivity index is 1.75. The van der Waals surface area contributed by atoms with Gasteiger partial charge in [0.25, 0.3) is 0 Å². The van der Waals surface area contributed by atoms with Gasteiger partial charge in [-0.3, -0.25) is 4.90 Å². The van der Waals surface area contributed by atoms with Gasteiger partial charge in [0.1, 0.15) is 0 Å². The van der Waals surface area contributed by atoms with Crippen molar-refractivity contribution >= 4 is 0 Å². The molecule has 3 rings (SSSR count). The molecule has 1 fully saturated rings. The minimum absolute atomic E-state index is 0.0176. The fourth-order valence-corrected chi connectivity index (χ4v) is 3.14. The van der Waals surface area contributed by atoms with Gasteiger partial charge in [0.05, 0.1) is 11.6 Å². The summed E-state index contributed by atoms with van der Waals surface area (Å²) >= 11 is 0. The average molecular weight is 354 g/mol. The van der Waals surface area contributed by atoms with E-state index in [1.807, 2.05) is 7.05 Å². The van der Waals surface area contributed by atoms with E-state index in [4.69, 9.17) is 4.52 Å². The molecule has 1 aromatic carbocycles. The third kappa shape index (κ3) is 4.01. The average Bonchev–Trinajstić information content (AvgIpc) is 3.02. The largest absolute Gasteiger partial charge is 0.416 e. The number of aromatic nitrogens is 2. The maximum atomic E-state index is 13.2. The molecule has 2 atom stereocenters. The molecular formula is C17H21F3N4O. The molecule has 1 saturated heterocycles. The standard InChI is InChI=1S/C17H21F3N4O/c1-11(12-5-3-4-6-13(12)17(18,19)20)9-15-22-16(23-25-15)14-10-21-7-8-24(14)2/h3-6,11,14,21H,7-10H2,1-2H3. The first-order valence-electron chi connectivity index (χ1n) is 8.26. The van der Waals surface area contributed by atoms with Crippen molar-refractivity contribution in [3.8, 4) is 0 Å². The zero-order valence-corrected chi connectivity index (χ0v) is 14.2. The van der Waals surface area contributed by atoms with E-state index in [-0.39, 0.29) is 23.9 Å². The van der Waals surface area contributed by atoms with Crippen LogP contribution in [0.15, 0.2) is 28.8 Å². The molecule has 0 radical (unpaired) electrons. The van der Waals surface area contributed by atoms with Crippen LogP contribution in [0.25, 0.3) is 0 Å². The summed E-state index contributed by atoms with van der Waals surface area (Å²) in [4.78, 5) is 6.53. The molecular weight excluding hydrogens is 333 g/mol. The summed E-state index contributed by atoms with van der Waals surface area (Å²) in [6.07, 6.45) is -4.11. The Morgan fingerprint density at radius 2 is 2.12 bits per heavy atom. The van der Waals surface area contributed by atoms with Crippen molar-refractivity contribution in [2.45, 2.75) is 31.5 Å². The second-order valence-corrected chi connectivity index (χ2v) is 6.44. The molecule has 0 amide bonds. The van der Waals surface area contributed by atoms with Crippen molar-refractivity contribution in [3.05, 3.63) is 47.1 Å². The number of rotatable bonds is 4. The van der Waals surface area contributed by atoms with Crippen molar-refractivity contribution in [3.63, 3.8) is 0 Å². The van der Waals surface area contributed by atoms with Crippen LogP contribution in [0.1, 0.15) is 41.7 Å². The van der Waals surface area contributed by atoms with Crippen LogP contribution in [0, 0.1) is 0 Å². The molecule has 2 aromatic rings. The summed E-state index contributed by atoms with van der Waals surface area (Å²) < 4.78 is 44.8. The summed E-state index contributed by atoms with van der Waals surface area (Å²) in [7, 11) is 1.99. The maximum Gasteiger partial charge on any atom is 0.416 e. The van der Waals surface area contributed by atoms with Crippen LogP contribution >= 0.6 is 0 Å². The van der Waals surface area contributed by atoms with E-state index in [1.165, 1.54) is 12.1 Å². The molecule has 1 N–H and O–H groups in total. The first-order valence-corrected chi connectivity index (χ1v) is 8.26. The fourth-order valence-electron chi connectivity index (χ4n) is 3.14. The summed E-state index contributed by atoms with van der Waals surface area (Å²) in [6.45, 7) is 4.25. The molecule has 136 valence electrons. The second kappa shape index (κ2) is 7.13. The molecule has 8 heteroatoms. The van der Waals surface area contributed by atoms with Gasteiger partial charge < -0.3 is 9.84 Å². The summed E-state index contributed by atoms with van der Waals surface area (Å²) in [5, 5.41) is 7.29. The van der Waals surface area contributed by atoms with E-state index < -0.39 is 11.7 Å². The highest BCUT2D eigenvalue weighted by atomic mass is 19.4. The SMILES string of the molecule is CC(Cc1nc(C2CNCCN2C)no1)c1ccccc1C(F)(F)F. The Morgan fingerprint density at radius 3 is 2.84 bits per heavy atom. The highest BCUT2D eigenvalue weighted by Crippen LogP contribution is 2.36. The molecule has 5 nitrogen and oxygen atoms in total. The molecule has 0 bridgehead atoms. The van der Waals surface area contributed by atoms with E-state index >= 15 is 0 Å². The number of hydrogen-bond donors (Lipinski definition) is 1. The van der Waals surface area contributed by atoms with Crippen molar-refractivity contribution in [2.75, 3.05) is 26.7 Å². The van der Waals surface area contributed by atoms with E-state index in [2.05, 4.69) is 20.4 Å². The van der Waals surface area contributed by atoms with Crippen LogP contribution in [0.3, 0.4) is 0 Å². The quantitative estimate of drug-likeness (QED) is 0.915. The topological polar surface area (TPSA) is 54.2 Å². The Kier molecular flexibility index (Phi) is 5.10. The zero-order chi connectivity index (χ0) is 18.0. The second-order valence-electron chi connectivity index (χ2n) is 6.44. The number of piperazine rings is 1. The number of nitrogens with one attached hydrogen (secondary N) is 1. The van der Waals surface area contributed by atoms with Crippen molar-refractivity contribution in [1.29, 1.82) is 0 Å². The van der Waals surface area contributed by atoms with Crippen LogP contribution in [-0.4, -0.2) is 41.7 Å².